The molecule has 0 amide bonds. The average molecular weight is 262 g/mol. The van der Waals surface area contributed by atoms with Gasteiger partial charge in [0, 0.05) is 4.47 Å². The highest BCUT2D eigenvalue weighted by atomic mass is 79.9. The smallest absolute Gasteiger partial charge is 0.0974 e. The number of benzene rings is 1. The van der Waals surface area contributed by atoms with Crippen LogP contribution in [0.5, 0.6) is 0 Å². The van der Waals surface area contributed by atoms with E-state index in [1.54, 1.807) is 12.1 Å². The monoisotopic (exact) mass is 261 g/mol. The van der Waals surface area contributed by atoms with Gasteiger partial charge in [0.05, 0.1) is 19.1 Å². The molecule has 5 heteroatoms. The quantitative estimate of drug-likeness (QED) is 0.719. The Morgan fingerprint density at radius 2 is 1.86 bits per heavy atom. The molecule has 0 fully saturated rings. The van der Waals surface area contributed by atoms with Crippen molar-refractivity contribution in [1.82, 2.24) is 0 Å². The fraction of sp³-hybridized carbons (Fsp3) is 0.222. The molecule has 78 valence electrons. The van der Waals surface area contributed by atoms with Gasteiger partial charge in [0.2, 0.25) is 0 Å². The van der Waals surface area contributed by atoms with Gasteiger partial charge in [0.1, 0.15) is 0 Å². The van der Waals surface area contributed by atoms with Crippen molar-refractivity contribution in [2.45, 2.75) is 0 Å². The van der Waals surface area contributed by atoms with E-state index in [1.807, 2.05) is 0 Å². The highest BCUT2D eigenvalue weighted by Gasteiger charge is 1.90. The van der Waals surface area contributed by atoms with Crippen LogP contribution in [0.4, 0.5) is 0 Å². The second kappa shape index (κ2) is 7.49. The van der Waals surface area contributed by atoms with Gasteiger partial charge in [-0.2, -0.15) is 0 Å². The highest BCUT2D eigenvalue weighted by molar-refractivity contribution is 9.10. The van der Waals surface area contributed by atoms with E-state index >= 15 is 0 Å². The molecule has 4 N–H and O–H groups in total. The van der Waals surface area contributed by atoms with Crippen LogP contribution in [0.15, 0.2) is 28.7 Å². The van der Waals surface area contributed by atoms with Crippen LogP contribution >= 0.6 is 15.9 Å². The standard InChI is InChI=1S/C7H5BrO2.C2H7NO/c8-6-3-1-5(2-4-6)7(9)10;3-1-2-4/h1-4H,(H,9,10);4H,1-3H2. The van der Waals surface area contributed by atoms with Gasteiger partial charge in [-0.05, 0) is 17.7 Å². The van der Waals surface area contributed by atoms with E-state index in [9.17, 15) is 9.90 Å². The summed E-state index contributed by atoms with van der Waals surface area (Å²) in [6.45, 7) is 0.833. The molecule has 0 aromatic heterocycles. The minimum atomic E-state index is -1.15. The number of aliphatic hydroxyl groups is 1. The Hall–Kier alpha value is -0.910. The summed E-state index contributed by atoms with van der Waals surface area (Å²) in [6, 6.07) is 6.29. The van der Waals surface area contributed by atoms with Crippen LogP contribution < -0.4 is 10.8 Å². The van der Waals surface area contributed by atoms with Crippen LogP contribution in [-0.4, -0.2) is 24.2 Å². The molecule has 4 nitrogen and oxygen atoms in total. The van der Waals surface area contributed by atoms with E-state index in [0.29, 0.717) is 6.54 Å². The molecule has 0 unspecified atom stereocenters. The summed E-state index contributed by atoms with van der Waals surface area (Å²) in [4.78, 5) is 10.2. The van der Waals surface area contributed by atoms with E-state index in [0.717, 1.165) is 4.47 Å². The topological polar surface area (TPSA) is 88.0 Å². The third-order valence-corrected chi connectivity index (χ3v) is 1.77. The van der Waals surface area contributed by atoms with E-state index in [4.69, 9.17) is 5.11 Å². The normalized spacial score (nSPS) is 8.79. The number of carbonyl (C=O) groups excluding carboxylic acids is 1. The van der Waals surface area contributed by atoms with E-state index in [1.165, 1.54) is 12.1 Å². The van der Waals surface area contributed by atoms with Crippen LogP contribution in [0.25, 0.3) is 0 Å². The lowest BCUT2D eigenvalue weighted by atomic mass is 10.2. The van der Waals surface area contributed by atoms with E-state index < -0.39 is 5.97 Å². The van der Waals surface area contributed by atoms with Crippen molar-refractivity contribution in [2.24, 2.45) is 0 Å². The van der Waals surface area contributed by atoms with Gasteiger partial charge in [-0.1, -0.05) is 28.1 Å². The molecular weight excluding hydrogens is 250 g/mol. The van der Waals surface area contributed by atoms with Gasteiger partial charge in [-0.15, -0.1) is 0 Å². The number of quaternary nitrogens is 1. The highest BCUT2D eigenvalue weighted by Crippen LogP contribution is 2.09. The van der Waals surface area contributed by atoms with Gasteiger partial charge in [0.15, 0.2) is 0 Å². The van der Waals surface area contributed by atoms with Gasteiger partial charge < -0.3 is 20.7 Å². The number of rotatable bonds is 2. The van der Waals surface area contributed by atoms with Gasteiger partial charge in [0.25, 0.3) is 0 Å². The Kier molecular flexibility index (Phi) is 7.00. The van der Waals surface area contributed by atoms with Gasteiger partial charge in [-0.3, -0.25) is 0 Å². The van der Waals surface area contributed by atoms with Crippen molar-refractivity contribution < 1.29 is 20.7 Å². The SMILES string of the molecule is O=C([O-])c1ccc(Br)cc1.[NH3+]CCO. The first-order chi connectivity index (χ1) is 6.61. The van der Waals surface area contributed by atoms with Crippen LogP contribution in [0.1, 0.15) is 10.4 Å². The van der Waals surface area contributed by atoms with Crippen LogP contribution in [0.3, 0.4) is 0 Å². The minimum Gasteiger partial charge on any atom is -0.545 e. The zero-order valence-electron chi connectivity index (χ0n) is 7.57. The summed E-state index contributed by atoms with van der Waals surface area (Å²) in [7, 11) is 0. The molecule has 0 spiro atoms. The molecule has 0 radical (unpaired) electrons. The molecule has 1 rings (SSSR count). The summed E-state index contributed by atoms with van der Waals surface area (Å²) in [5.41, 5.74) is 3.55. The third-order valence-electron chi connectivity index (χ3n) is 1.24. The summed E-state index contributed by atoms with van der Waals surface area (Å²) in [6.07, 6.45) is 0. The second-order valence-corrected chi connectivity index (χ2v) is 3.29. The maximum Gasteiger partial charge on any atom is 0.0974 e. The molecule has 1 aromatic rings. The summed E-state index contributed by atoms with van der Waals surface area (Å²) < 4.78 is 0.859. The predicted octanol–water partition coefficient (Wildman–Crippen LogP) is -0.967. The molecule has 0 bridgehead atoms. The van der Waals surface area contributed by atoms with Crippen molar-refractivity contribution in [2.75, 3.05) is 13.2 Å². The van der Waals surface area contributed by atoms with Crippen LogP contribution in [0.2, 0.25) is 0 Å². The van der Waals surface area contributed by atoms with Crippen molar-refractivity contribution >= 4 is 21.9 Å². The zero-order chi connectivity index (χ0) is 11.0. The molecule has 0 saturated carbocycles. The van der Waals surface area contributed by atoms with Crippen LogP contribution in [-0.2, 0) is 0 Å². The summed E-state index contributed by atoms with van der Waals surface area (Å²) >= 11 is 3.18. The lowest BCUT2D eigenvalue weighted by Gasteiger charge is -1.99. The Labute approximate surface area is 90.5 Å². The maximum atomic E-state index is 10.2. The van der Waals surface area contributed by atoms with Crippen molar-refractivity contribution in [3.8, 4) is 0 Å². The number of carboxylic acids is 1. The number of hydrogen-bond acceptors (Lipinski definition) is 3. The van der Waals surface area contributed by atoms with E-state index in [-0.39, 0.29) is 12.2 Å². The van der Waals surface area contributed by atoms with Crippen molar-refractivity contribution in [1.29, 1.82) is 0 Å². The first-order valence-electron chi connectivity index (χ1n) is 3.98. The molecule has 0 aliphatic carbocycles. The Morgan fingerprint density at radius 3 is 2.14 bits per heavy atom. The molecule has 0 saturated heterocycles. The molecule has 0 atom stereocenters. The number of carboxylic acid groups (broad SMARTS) is 1. The van der Waals surface area contributed by atoms with E-state index in [2.05, 4.69) is 21.7 Å². The number of hydrogen-bond donors (Lipinski definition) is 2. The number of halogens is 1. The molecule has 0 aliphatic rings. The Balaban J connectivity index is 0.000000364. The Morgan fingerprint density at radius 1 is 1.43 bits per heavy atom. The summed E-state index contributed by atoms with van der Waals surface area (Å²) in [5.74, 6) is -1.15. The fourth-order valence-corrected chi connectivity index (χ4v) is 0.850. The number of aromatic carboxylic acids is 1. The van der Waals surface area contributed by atoms with Gasteiger partial charge >= 0.3 is 0 Å². The second-order valence-electron chi connectivity index (χ2n) is 2.37. The predicted molar refractivity (Wildman–Crippen MR) is 53.3 cm³/mol. The largest absolute Gasteiger partial charge is 0.545 e. The fourth-order valence-electron chi connectivity index (χ4n) is 0.586. The van der Waals surface area contributed by atoms with Crippen molar-refractivity contribution in [3.05, 3.63) is 34.3 Å². The molecule has 0 aliphatic heterocycles. The lowest BCUT2D eigenvalue weighted by Crippen LogP contribution is -2.51. The average Bonchev–Trinajstić information content (AvgIpc) is 2.19. The third kappa shape index (κ3) is 5.69. The first kappa shape index (κ1) is 13.1. The minimum absolute atomic E-state index is 0.197. The molecule has 1 aromatic carbocycles. The first-order valence-corrected chi connectivity index (χ1v) is 4.78. The zero-order valence-corrected chi connectivity index (χ0v) is 9.16. The maximum absolute atomic E-state index is 10.2. The number of aliphatic hydroxyl groups excluding tert-OH is 1. The van der Waals surface area contributed by atoms with Crippen molar-refractivity contribution in [3.63, 3.8) is 0 Å². The summed E-state index contributed by atoms with van der Waals surface area (Å²) in [5, 5.41) is 18.0. The van der Waals surface area contributed by atoms with Gasteiger partial charge in [-0.25, -0.2) is 0 Å². The molecular formula is C9H12BrNO3. The molecule has 0 heterocycles. The Bertz CT molecular complexity index is 272. The lowest BCUT2D eigenvalue weighted by molar-refractivity contribution is -0.372. The number of carbonyl (C=O) groups is 1. The van der Waals surface area contributed by atoms with Crippen LogP contribution in [0, 0.1) is 0 Å². The molecule has 14 heavy (non-hydrogen) atoms.